The van der Waals surface area contributed by atoms with Gasteiger partial charge in [0.25, 0.3) is 0 Å². The Morgan fingerprint density at radius 1 is 1.62 bits per heavy atom. The van der Waals surface area contributed by atoms with Gasteiger partial charge in [0.2, 0.25) is 0 Å². The van der Waals surface area contributed by atoms with Gasteiger partial charge < -0.3 is 10.1 Å². The van der Waals surface area contributed by atoms with Crippen molar-refractivity contribution in [2.24, 2.45) is 0 Å². The van der Waals surface area contributed by atoms with E-state index in [1.54, 1.807) is 6.07 Å². The molecule has 0 amide bonds. The second-order valence-electron chi connectivity index (χ2n) is 3.45. The average Bonchev–Trinajstić information content (AvgIpc) is 2.23. The van der Waals surface area contributed by atoms with Crippen LogP contribution in [0, 0.1) is 0 Å². The van der Waals surface area contributed by atoms with Crippen molar-refractivity contribution in [1.82, 2.24) is 0 Å². The van der Waals surface area contributed by atoms with E-state index in [9.17, 15) is 4.79 Å². The van der Waals surface area contributed by atoms with Crippen LogP contribution in [0.2, 0.25) is 5.02 Å². The summed E-state index contributed by atoms with van der Waals surface area (Å²) in [5, 5.41) is 3.80. The Morgan fingerprint density at radius 2 is 2.31 bits per heavy atom. The van der Waals surface area contributed by atoms with Crippen LogP contribution in [-0.2, 0) is 9.53 Å². The lowest BCUT2D eigenvalue weighted by Crippen LogP contribution is -2.20. The van der Waals surface area contributed by atoms with E-state index >= 15 is 0 Å². The monoisotopic (exact) mass is 305 g/mol. The van der Waals surface area contributed by atoms with E-state index in [0.717, 1.165) is 10.2 Å². The molecule has 0 saturated heterocycles. The molecular weight excluding hydrogens is 293 g/mol. The van der Waals surface area contributed by atoms with Gasteiger partial charge in [-0.15, -0.1) is 0 Å². The van der Waals surface area contributed by atoms with Crippen LogP contribution < -0.4 is 5.32 Å². The summed E-state index contributed by atoms with van der Waals surface area (Å²) < 4.78 is 5.44. The molecule has 3 nitrogen and oxygen atoms in total. The van der Waals surface area contributed by atoms with Crippen LogP contribution in [0.5, 0.6) is 0 Å². The third-order valence-electron chi connectivity index (χ3n) is 2.03. The number of nitrogens with one attached hydrogen (secondary N) is 1. The summed E-state index contributed by atoms with van der Waals surface area (Å²) in [6.07, 6.45) is 0.324. The number of carbonyl (C=O) groups is 1. The fourth-order valence-electron chi connectivity index (χ4n) is 1.25. The normalized spacial score (nSPS) is 12.0. The summed E-state index contributed by atoms with van der Waals surface area (Å²) >= 11 is 9.27. The highest BCUT2D eigenvalue weighted by Gasteiger charge is 2.09. The fraction of sp³-hybridized carbons (Fsp3) is 0.364. The molecule has 1 aromatic carbocycles. The Hall–Kier alpha value is -0.740. The summed E-state index contributed by atoms with van der Waals surface area (Å²) in [7, 11) is 1.38. The maximum absolute atomic E-state index is 11.0. The van der Waals surface area contributed by atoms with Gasteiger partial charge in [0.15, 0.2) is 0 Å². The van der Waals surface area contributed by atoms with Crippen LogP contribution in [0.25, 0.3) is 0 Å². The number of esters is 1. The van der Waals surface area contributed by atoms with Gasteiger partial charge >= 0.3 is 5.97 Å². The van der Waals surface area contributed by atoms with Gasteiger partial charge in [-0.05, 0) is 41.1 Å². The lowest BCUT2D eigenvalue weighted by molar-refractivity contribution is -0.140. The molecule has 1 unspecified atom stereocenters. The maximum Gasteiger partial charge on any atom is 0.307 e. The first kappa shape index (κ1) is 13.3. The zero-order chi connectivity index (χ0) is 12.1. The molecule has 16 heavy (non-hydrogen) atoms. The number of carbonyl (C=O) groups excluding carboxylic acids is 1. The molecule has 0 aromatic heterocycles. The fourth-order valence-corrected chi connectivity index (χ4v) is 1.68. The van der Waals surface area contributed by atoms with Gasteiger partial charge in [-0.3, -0.25) is 4.79 Å². The molecule has 0 aliphatic heterocycles. The Morgan fingerprint density at radius 3 is 2.88 bits per heavy atom. The molecular formula is C11H13BrClNO2. The van der Waals surface area contributed by atoms with Crippen molar-refractivity contribution in [3.8, 4) is 0 Å². The van der Waals surface area contributed by atoms with Gasteiger partial charge in [0.1, 0.15) is 0 Å². The summed E-state index contributed by atoms with van der Waals surface area (Å²) in [5.41, 5.74) is 0.879. The van der Waals surface area contributed by atoms with Crippen LogP contribution in [0.1, 0.15) is 13.3 Å². The lowest BCUT2D eigenvalue weighted by Gasteiger charge is -2.14. The molecule has 0 fully saturated rings. The number of hydrogen-bond donors (Lipinski definition) is 1. The highest BCUT2D eigenvalue weighted by Crippen LogP contribution is 2.25. The summed E-state index contributed by atoms with van der Waals surface area (Å²) in [5.74, 6) is -0.233. The first-order valence-corrected chi connectivity index (χ1v) is 5.98. The minimum atomic E-state index is -0.233. The number of methoxy groups -OCH3 is 1. The third kappa shape index (κ3) is 4.02. The number of rotatable bonds is 4. The Bertz CT molecular complexity index is 384. The van der Waals surface area contributed by atoms with Crippen molar-refractivity contribution in [3.63, 3.8) is 0 Å². The van der Waals surface area contributed by atoms with E-state index in [4.69, 9.17) is 11.6 Å². The minimum absolute atomic E-state index is 0.00434. The Balaban J connectivity index is 2.59. The molecule has 0 radical (unpaired) electrons. The number of benzene rings is 1. The molecule has 5 heteroatoms. The van der Waals surface area contributed by atoms with Gasteiger partial charge in [-0.25, -0.2) is 0 Å². The van der Waals surface area contributed by atoms with E-state index in [-0.39, 0.29) is 12.0 Å². The topological polar surface area (TPSA) is 38.3 Å². The zero-order valence-electron chi connectivity index (χ0n) is 9.09. The molecule has 0 heterocycles. The standard InChI is InChI=1S/C11H13BrClNO2/c1-7(5-11(15)16-2)14-8-3-4-9(12)10(13)6-8/h3-4,6-7,14H,5H2,1-2H3. The van der Waals surface area contributed by atoms with E-state index in [2.05, 4.69) is 26.0 Å². The minimum Gasteiger partial charge on any atom is -0.469 e. The first-order chi connectivity index (χ1) is 7.52. The molecule has 0 bridgehead atoms. The van der Waals surface area contributed by atoms with Crippen LogP contribution in [-0.4, -0.2) is 19.1 Å². The van der Waals surface area contributed by atoms with Crippen molar-refractivity contribution < 1.29 is 9.53 Å². The average molecular weight is 307 g/mol. The Labute approximate surface area is 108 Å². The number of ether oxygens (including phenoxy) is 1. The number of halogens is 2. The molecule has 0 saturated carbocycles. The van der Waals surface area contributed by atoms with Crippen molar-refractivity contribution in [2.45, 2.75) is 19.4 Å². The second-order valence-corrected chi connectivity index (χ2v) is 4.72. The predicted molar refractivity (Wildman–Crippen MR) is 68.9 cm³/mol. The molecule has 1 N–H and O–H groups in total. The molecule has 0 aliphatic rings. The van der Waals surface area contributed by atoms with Gasteiger partial charge in [-0.1, -0.05) is 11.6 Å². The summed E-state index contributed by atoms with van der Waals surface area (Å²) in [4.78, 5) is 11.0. The van der Waals surface area contributed by atoms with Crippen molar-refractivity contribution in [1.29, 1.82) is 0 Å². The SMILES string of the molecule is COC(=O)CC(C)Nc1ccc(Br)c(Cl)c1. The van der Waals surface area contributed by atoms with Gasteiger partial charge in [0, 0.05) is 16.2 Å². The van der Waals surface area contributed by atoms with Gasteiger partial charge in [0.05, 0.1) is 18.6 Å². The highest BCUT2D eigenvalue weighted by atomic mass is 79.9. The van der Waals surface area contributed by atoms with E-state index < -0.39 is 0 Å². The lowest BCUT2D eigenvalue weighted by atomic mass is 10.2. The zero-order valence-corrected chi connectivity index (χ0v) is 11.4. The molecule has 1 aromatic rings. The predicted octanol–water partition coefficient (Wildman–Crippen LogP) is 3.47. The first-order valence-electron chi connectivity index (χ1n) is 4.81. The summed E-state index contributed by atoms with van der Waals surface area (Å²) in [6, 6.07) is 5.56. The van der Waals surface area contributed by atoms with Crippen LogP contribution >= 0.6 is 27.5 Å². The van der Waals surface area contributed by atoms with E-state index in [0.29, 0.717) is 11.4 Å². The van der Waals surface area contributed by atoms with E-state index in [1.165, 1.54) is 7.11 Å². The number of anilines is 1. The van der Waals surface area contributed by atoms with Crippen LogP contribution in [0.4, 0.5) is 5.69 Å². The van der Waals surface area contributed by atoms with E-state index in [1.807, 2.05) is 19.1 Å². The summed E-state index contributed by atoms with van der Waals surface area (Å²) in [6.45, 7) is 1.91. The van der Waals surface area contributed by atoms with Crippen molar-refractivity contribution in [2.75, 3.05) is 12.4 Å². The quantitative estimate of drug-likeness (QED) is 0.866. The molecule has 1 atom stereocenters. The van der Waals surface area contributed by atoms with Crippen molar-refractivity contribution in [3.05, 3.63) is 27.7 Å². The molecule has 0 spiro atoms. The molecule has 88 valence electrons. The largest absolute Gasteiger partial charge is 0.469 e. The molecule has 1 rings (SSSR count). The highest BCUT2D eigenvalue weighted by molar-refractivity contribution is 9.10. The number of hydrogen-bond acceptors (Lipinski definition) is 3. The van der Waals surface area contributed by atoms with Crippen LogP contribution in [0.15, 0.2) is 22.7 Å². The van der Waals surface area contributed by atoms with Gasteiger partial charge in [-0.2, -0.15) is 0 Å². The maximum atomic E-state index is 11.0. The van der Waals surface area contributed by atoms with Crippen LogP contribution in [0.3, 0.4) is 0 Å². The third-order valence-corrected chi connectivity index (χ3v) is 3.27. The Kier molecular flexibility index (Phi) is 5.09. The van der Waals surface area contributed by atoms with Crippen molar-refractivity contribution >= 4 is 39.2 Å². The molecule has 0 aliphatic carbocycles. The second kappa shape index (κ2) is 6.11. The smallest absolute Gasteiger partial charge is 0.307 e.